The maximum Gasteiger partial charge on any atom is 0.417 e. The largest absolute Gasteiger partial charge is 0.443 e. The van der Waals surface area contributed by atoms with Crippen molar-refractivity contribution in [2.24, 2.45) is 11.3 Å². The van der Waals surface area contributed by atoms with Gasteiger partial charge in [-0.15, -0.1) is 0 Å². The number of carbonyl (C=O) groups excluding carboxylic acids is 3. The maximum absolute atomic E-state index is 13.7. The molecule has 0 N–H and O–H groups in total. The van der Waals surface area contributed by atoms with Gasteiger partial charge in [0.25, 0.3) is 0 Å². The van der Waals surface area contributed by atoms with Crippen molar-refractivity contribution in [3.63, 3.8) is 0 Å². The van der Waals surface area contributed by atoms with Crippen molar-refractivity contribution in [2.45, 2.75) is 58.2 Å². The summed E-state index contributed by atoms with van der Waals surface area (Å²) in [5.74, 6) is -0.506. The smallest absolute Gasteiger partial charge is 0.417 e. The molecule has 8 nitrogen and oxygen atoms in total. The van der Waals surface area contributed by atoms with Gasteiger partial charge in [0.2, 0.25) is 11.8 Å². The number of imide groups is 1. The van der Waals surface area contributed by atoms with E-state index in [0.717, 1.165) is 4.90 Å². The van der Waals surface area contributed by atoms with Crippen molar-refractivity contribution >= 4 is 35.5 Å². The van der Waals surface area contributed by atoms with Crippen LogP contribution in [0.15, 0.2) is 23.6 Å². The van der Waals surface area contributed by atoms with Crippen molar-refractivity contribution in [3.05, 3.63) is 24.0 Å². The molecule has 0 aliphatic carbocycles. The molecule has 1 aromatic rings. The van der Waals surface area contributed by atoms with Crippen molar-refractivity contribution in [3.8, 4) is 0 Å². The fraction of sp³-hybridized carbons (Fsp3) is 0.571. The van der Waals surface area contributed by atoms with Crippen LogP contribution in [0.5, 0.6) is 0 Å². The first kappa shape index (κ1) is 22.3. The molecule has 3 heterocycles. The van der Waals surface area contributed by atoms with Crippen LogP contribution in [0.4, 0.5) is 10.6 Å². The lowest BCUT2D eigenvalue weighted by Gasteiger charge is -2.39. The molecule has 9 heteroatoms. The van der Waals surface area contributed by atoms with E-state index >= 15 is 0 Å². The van der Waals surface area contributed by atoms with E-state index in [2.05, 4.69) is 16.5 Å². The molecule has 1 saturated heterocycles. The molecule has 1 spiro atoms. The number of aromatic nitrogens is 2. The number of allylic oxidation sites excluding steroid dienone is 1. The zero-order valence-corrected chi connectivity index (χ0v) is 19.1. The van der Waals surface area contributed by atoms with Gasteiger partial charge in [-0.2, -0.15) is 0 Å². The summed E-state index contributed by atoms with van der Waals surface area (Å²) in [6, 6.07) is 0. The summed E-state index contributed by atoms with van der Waals surface area (Å²) in [5, 5.41) is 0.534. The maximum atomic E-state index is 13.7. The first-order valence-corrected chi connectivity index (χ1v) is 11.1. The quantitative estimate of drug-likeness (QED) is 0.410. The van der Waals surface area contributed by atoms with Crippen LogP contribution in [0.3, 0.4) is 0 Å². The van der Waals surface area contributed by atoms with Gasteiger partial charge in [-0.05, 0) is 39.4 Å². The molecule has 0 aromatic carbocycles. The third kappa shape index (κ3) is 3.71. The molecule has 30 heavy (non-hydrogen) atoms. The lowest BCUT2D eigenvalue weighted by molar-refractivity contribution is -0.143. The zero-order valence-electron chi connectivity index (χ0n) is 18.3. The number of nitrogens with zero attached hydrogens (tertiary/aromatic N) is 4. The Labute approximate surface area is 181 Å². The highest BCUT2D eigenvalue weighted by Gasteiger charge is 2.59. The van der Waals surface area contributed by atoms with E-state index in [9.17, 15) is 14.4 Å². The average Bonchev–Trinajstić information content (AvgIpc) is 2.98. The predicted molar refractivity (Wildman–Crippen MR) is 114 cm³/mol. The second kappa shape index (κ2) is 7.68. The Balaban J connectivity index is 2.04. The van der Waals surface area contributed by atoms with Crippen molar-refractivity contribution in [2.75, 3.05) is 17.7 Å². The van der Waals surface area contributed by atoms with Gasteiger partial charge in [0.1, 0.15) is 16.8 Å². The van der Waals surface area contributed by atoms with E-state index in [0.29, 0.717) is 22.2 Å². The van der Waals surface area contributed by atoms with Crippen LogP contribution in [-0.4, -0.2) is 51.2 Å². The molecule has 3 amide bonds. The summed E-state index contributed by atoms with van der Waals surface area (Å²) in [7, 11) is 0. The molecule has 2 aliphatic rings. The summed E-state index contributed by atoms with van der Waals surface area (Å²) < 4.78 is 5.37. The first-order chi connectivity index (χ1) is 13.9. The minimum atomic E-state index is -1.38. The molecular formula is C21H28N4O4S. The van der Waals surface area contributed by atoms with Crippen LogP contribution < -0.4 is 4.90 Å². The Morgan fingerprint density at radius 1 is 1.30 bits per heavy atom. The monoisotopic (exact) mass is 432 g/mol. The highest BCUT2D eigenvalue weighted by atomic mass is 32.2. The number of rotatable bonds is 3. The molecule has 162 valence electrons. The highest BCUT2D eigenvalue weighted by molar-refractivity contribution is 7.98. The van der Waals surface area contributed by atoms with E-state index < -0.39 is 28.9 Å². The molecule has 0 bridgehead atoms. The summed E-state index contributed by atoms with van der Waals surface area (Å²) in [5.41, 5.74) is -0.884. The normalized spacial score (nSPS) is 21.4. The van der Waals surface area contributed by atoms with E-state index in [1.54, 1.807) is 27.0 Å². The van der Waals surface area contributed by atoms with Gasteiger partial charge in [-0.1, -0.05) is 32.2 Å². The van der Waals surface area contributed by atoms with Gasteiger partial charge in [0, 0.05) is 30.4 Å². The third-order valence-electron chi connectivity index (χ3n) is 5.30. The van der Waals surface area contributed by atoms with Crippen molar-refractivity contribution in [1.82, 2.24) is 14.9 Å². The summed E-state index contributed by atoms with van der Waals surface area (Å²) in [6.07, 6.45) is 3.15. The molecule has 2 aliphatic heterocycles. The van der Waals surface area contributed by atoms with E-state index in [1.165, 1.54) is 16.7 Å². The summed E-state index contributed by atoms with van der Waals surface area (Å²) in [4.78, 5) is 51.0. The Morgan fingerprint density at radius 3 is 2.53 bits per heavy atom. The number of fused-ring (bicyclic) bond motifs is 1. The van der Waals surface area contributed by atoms with Crippen LogP contribution in [0.25, 0.3) is 0 Å². The number of thioether (sulfide) groups is 1. The second-order valence-corrected chi connectivity index (χ2v) is 9.71. The number of anilines is 1. The number of hydrogen-bond acceptors (Lipinski definition) is 7. The van der Waals surface area contributed by atoms with E-state index in [4.69, 9.17) is 4.74 Å². The zero-order chi connectivity index (χ0) is 22.4. The molecule has 1 aromatic heterocycles. The number of carbonyl (C=O) groups is 3. The van der Waals surface area contributed by atoms with Crippen LogP contribution in [0.2, 0.25) is 0 Å². The molecule has 0 radical (unpaired) electrons. The van der Waals surface area contributed by atoms with Crippen LogP contribution in [0, 0.1) is 11.3 Å². The third-order valence-corrected chi connectivity index (χ3v) is 5.86. The molecule has 1 fully saturated rings. The first-order valence-electron chi connectivity index (χ1n) is 9.89. The second-order valence-electron chi connectivity index (χ2n) is 8.94. The highest BCUT2D eigenvalue weighted by Crippen LogP contribution is 2.46. The topological polar surface area (TPSA) is 92.7 Å². The molecular weight excluding hydrogens is 404 g/mol. The van der Waals surface area contributed by atoms with Crippen LogP contribution in [-0.2, 0) is 20.7 Å². The average molecular weight is 433 g/mol. The van der Waals surface area contributed by atoms with E-state index in [1.807, 2.05) is 20.1 Å². The number of ether oxygens (including phenoxy) is 1. The fourth-order valence-electron chi connectivity index (χ4n) is 3.66. The van der Waals surface area contributed by atoms with Crippen molar-refractivity contribution in [1.29, 1.82) is 0 Å². The SMILES string of the molecule is C=C(C(C)C)N1C(=O)[C@]2(CCN(C(=O)OC(C)(C)C)C2=O)Cc2cnc(SC)nc21. The fourth-order valence-corrected chi connectivity index (χ4v) is 3.99. The van der Waals surface area contributed by atoms with Gasteiger partial charge in [0.15, 0.2) is 5.16 Å². The Bertz CT molecular complexity index is 924. The Hall–Kier alpha value is -2.42. The van der Waals surface area contributed by atoms with Gasteiger partial charge in [0.05, 0.1) is 0 Å². The summed E-state index contributed by atoms with van der Waals surface area (Å²) >= 11 is 1.37. The Kier molecular flexibility index (Phi) is 5.70. The lowest BCUT2D eigenvalue weighted by Crippen LogP contribution is -2.54. The van der Waals surface area contributed by atoms with Gasteiger partial charge in [-0.25, -0.2) is 19.7 Å². The summed E-state index contributed by atoms with van der Waals surface area (Å²) in [6.45, 7) is 13.3. The van der Waals surface area contributed by atoms with Gasteiger partial charge < -0.3 is 4.74 Å². The minimum absolute atomic E-state index is 0.0388. The number of amides is 3. The number of likely N-dealkylation sites (tertiary alicyclic amines) is 1. The lowest BCUT2D eigenvalue weighted by atomic mass is 9.76. The van der Waals surface area contributed by atoms with Crippen molar-refractivity contribution < 1.29 is 19.1 Å². The van der Waals surface area contributed by atoms with Crippen LogP contribution >= 0.6 is 11.8 Å². The standard InChI is InChI=1S/C21H28N4O4S/c1-12(2)13(3)25-15-14(11-22-18(23-15)30-7)10-21(17(25)27)8-9-24(16(21)26)19(28)29-20(4,5)6/h11-12H,3,8-10H2,1-2,4-7H3/t21-/m1/s1. The van der Waals surface area contributed by atoms with Gasteiger partial charge in [-0.3, -0.25) is 14.5 Å². The molecule has 1 atom stereocenters. The van der Waals surface area contributed by atoms with Gasteiger partial charge >= 0.3 is 6.09 Å². The molecule has 0 saturated carbocycles. The predicted octanol–water partition coefficient (Wildman–Crippen LogP) is 3.41. The van der Waals surface area contributed by atoms with Crippen LogP contribution in [0.1, 0.15) is 46.6 Å². The van der Waals surface area contributed by atoms with E-state index in [-0.39, 0.29) is 25.3 Å². The minimum Gasteiger partial charge on any atom is -0.443 e. The number of hydrogen-bond donors (Lipinski definition) is 0. The Morgan fingerprint density at radius 2 is 1.97 bits per heavy atom. The molecule has 0 unspecified atom stereocenters. The molecule has 3 rings (SSSR count).